The van der Waals surface area contributed by atoms with Gasteiger partial charge in [-0.2, -0.15) is 13.7 Å². The molecule has 1 aromatic carbocycles. The summed E-state index contributed by atoms with van der Waals surface area (Å²) in [5.41, 5.74) is 0.0951. The highest BCUT2D eigenvalue weighted by Gasteiger charge is 2.10. The van der Waals surface area contributed by atoms with Gasteiger partial charge in [0, 0.05) is 18.4 Å². The van der Waals surface area contributed by atoms with Crippen LogP contribution in [0.3, 0.4) is 0 Å². The molecule has 0 heterocycles. The predicted octanol–water partition coefficient (Wildman–Crippen LogP) is 0.344. The van der Waals surface area contributed by atoms with Gasteiger partial charge in [-0.25, -0.2) is 0 Å². The highest BCUT2D eigenvalue weighted by molar-refractivity contribution is 7.85. The van der Waals surface area contributed by atoms with Gasteiger partial charge in [-0.1, -0.05) is 0 Å². The summed E-state index contributed by atoms with van der Waals surface area (Å²) in [6.45, 7) is -0.115. The highest BCUT2D eigenvalue weighted by atomic mass is 32.2. The van der Waals surface area contributed by atoms with Crippen LogP contribution in [0.1, 0.15) is 6.42 Å². The van der Waals surface area contributed by atoms with Crippen LogP contribution in [0.5, 0.6) is 0 Å². The number of carbonyl (C=O) groups is 2. The minimum atomic E-state index is -4.29. The normalized spacial score (nSPS) is 11.4. The van der Waals surface area contributed by atoms with Crippen molar-refractivity contribution in [2.75, 3.05) is 11.9 Å². The second-order valence-corrected chi connectivity index (χ2v) is 5.63. The van der Waals surface area contributed by atoms with E-state index < -0.39 is 22.0 Å². The minimum absolute atomic E-state index is 0.115. The summed E-state index contributed by atoms with van der Waals surface area (Å²) >= 11 is 0. The van der Waals surface area contributed by atoms with Crippen molar-refractivity contribution in [3.8, 4) is 6.07 Å². The van der Waals surface area contributed by atoms with Crippen molar-refractivity contribution < 1.29 is 27.7 Å². The van der Waals surface area contributed by atoms with E-state index in [0.29, 0.717) is 5.69 Å². The number of rotatable bonds is 7. The highest BCUT2D eigenvalue weighted by Crippen LogP contribution is 2.13. The molecule has 0 saturated heterocycles. The van der Waals surface area contributed by atoms with E-state index in [4.69, 9.17) is 14.9 Å². The lowest BCUT2D eigenvalue weighted by Crippen LogP contribution is -2.27. The number of hydrogen-bond acceptors (Lipinski definition) is 6. The van der Waals surface area contributed by atoms with Crippen LogP contribution in [0.4, 0.5) is 5.69 Å². The maximum atomic E-state index is 11.6. The molecule has 0 unspecified atom stereocenters. The fourth-order valence-electron chi connectivity index (χ4n) is 1.41. The van der Waals surface area contributed by atoms with Gasteiger partial charge in [0.05, 0.1) is 11.3 Å². The number of carbonyl (C=O) groups excluding carboxylic acids is 1. The molecule has 122 valence electrons. The standard InChI is InChI=1S/C13H13N3O6S/c14-7-9(13(19)15-6-5-12(17)18)8-16-10-1-3-11(4-2-10)23(20,21)22/h1-4,8,16H,5-6H2,(H,15,19)(H,17,18)(H,20,21,22)/b9-8-. The van der Waals surface area contributed by atoms with Crippen molar-refractivity contribution in [1.29, 1.82) is 5.26 Å². The van der Waals surface area contributed by atoms with Gasteiger partial charge in [0.25, 0.3) is 16.0 Å². The van der Waals surface area contributed by atoms with E-state index in [1.807, 2.05) is 0 Å². The van der Waals surface area contributed by atoms with Crippen molar-refractivity contribution >= 4 is 27.7 Å². The van der Waals surface area contributed by atoms with Crippen LogP contribution in [-0.2, 0) is 19.7 Å². The zero-order valence-corrected chi connectivity index (χ0v) is 12.5. The number of nitrogens with zero attached hydrogens (tertiary/aromatic N) is 1. The molecule has 0 atom stereocenters. The van der Waals surface area contributed by atoms with Crippen LogP contribution in [0.2, 0.25) is 0 Å². The van der Waals surface area contributed by atoms with E-state index in [0.717, 1.165) is 18.3 Å². The zero-order chi connectivity index (χ0) is 17.5. The largest absolute Gasteiger partial charge is 0.481 e. The Hall–Kier alpha value is -2.90. The number of nitrogens with one attached hydrogen (secondary N) is 2. The molecule has 0 bridgehead atoms. The summed E-state index contributed by atoms with van der Waals surface area (Å²) in [5.74, 6) is -1.82. The van der Waals surface area contributed by atoms with E-state index in [1.54, 1.807) is 6.07 Å². The van der Waals surface area contributed by atoms with Crippen molar-refractivity contribution in [3.05, 3.63) is 36.0 Å². The van der Waals surface area contributed by atoms with E-state index in [1.165, 1.54) is 12.1 Å². The summed E-state index contributed by atoms with van der Waals surface area (Å²) in [7, 11) is -4.29. The predicted molar refractivity (Wildman–Crippen MR) is 78.8 cm³/mol. The Morgan fingerprint density at radius 1 is 1.26 bits per heavy atom. The first-order valence-corrected chi connectivity index (χ1v) is 7.62. The number of amides is 1. The summed E-state index contributed by atoms with van der Waals surface area (Å²) < 4.78 is 30.6. The Morgan fingerprint density at radius 3 is 2.35 bits per heavy atom. The number of hydrogen-bond donors (Lipinski definition) is 4. The Kier molecular flexibility index (Phi) is 6.25. The molecule has 0 fully saturated rings. The molecule has 0 saturated carbocycles. The number of carboxylic acid groups (broad SMARTS) is 1. The Labute approximate surface area is 132 Å². The lowest BCUT2D eigenvalue weighted by atomic mass is 10.2. The first-order chi connectivity index (χ1) is 10.7. The van der Waals surface area contributed by atoms with Crippen LogP contribution in [0, 0.1) is 11.3 Å². The molecule has 0 aliphatic carbocycles. The Balaban J connectivity index is 2.71. The van der Waals surface area contributed by atoms with Crippen LogP contribution < -0.4 is 10.6 Å². The number of benzene rings is 1. The molecule has 0 spiro atoms. The third-order valence-electron chi connectivity index (χ3n) is 2.52. The molecule has 1 rings (SSSR count). The van der Waals surface area contributed by atoms with Gasteiger partial charge in [-0.05, 0) is 24.3 Å². The van der Waals surface area contributed by atoms with Crippen molar-refractivity contribution in [1.82, 2.24) is 5.32 Å². The van der Waals surface area contributed by atoms with Gasteiger partial charge in [-0.15, -0.1) is 0 Å². The molecule has 1 aromatic rings. The number of aliphatic carboxylic acids is 1. The van der Waals surface area contributed by atoms with Crippen molar-refractivity contribution in [2.24, 2.45) is 0 Å². The van der Waals surface area contributed by atoms with E-state index in [9.17, 15) is 18.0 Å². The van der Waals surface area contributed by atoms with Gasteiger partial charge >= 0.3 is 5.97 Å². The number of carboxylic acids is 1. The van der Waals surface area contributed by atoms with E-state index >= 15 is 0 Å². The second kappa shape index (κ2) is 7.92. The summed E-state index contributed by atoms with van der Waals surface area (Å²) in [6.07, 6.45) is 0.827. The monoisotopic (exact) mass is 339 g/mol. The molecule has 0 aliphatic heterocycles. The van der Waals surface area contributed by atoms with Gasteiger partial charge in [0.15, 0.2) is 0 Å². The first-order valence-electron chi connectivity index (χ1n) is 6.18. The lowest BCUT2D eigenvalue weighted by Gasteiger charge is -2.04. The maximum Gasteiger partial charge on any atom is 0.305 e. The van der Waals surface area contributed by atoms with E-state index in [2.05, 4.69) is 10.6 Å². The topological polar surface area (TPSA) is 157 Å². The Morgan fingerprint density at radius 2 is 1.87 bits per heavy atom. The molecule has 4 N–H and O–H groups in total. The van der Waals surface area contributed by atoms with Gasteiger partial charge in [-0.3, -0.25) is 14.1 Å². The van der Waals surface area contributed by atoms with Gasteiger partial charge in [0.1, 0.15) is 11.6 Å². The molecule has 0 aliphatic rings. The Bertz CT molecular complexity index is 762. The van der Waals surface area contributed by atoms with Crippen molar-refractivity contribution in [2.45, 2.75) is 11.3 Å². The first kappa shape index (κ1) is 18.1. The van der Waals surface area contributed by atoms with Crippen LogP contribution in [0.25, 0.3) is 0 Å². The molecular formula is C13H13N3O6S. The fourth-order valence-corrected chi connectivity index (χ4v) is 1.89. The molecule has 0 radical (unpaired) electrons. The maximum absolute atomic E-state index is 11.6. The number of nitriles is 1. The smallest absolute Gasteiger partial charge is 0.305 e. The third kappa shape index (κ3) is 6.16. The van der Waals surface area contributed by atoms with Gasteiger partial charge < -0.3 is 15.7 Å². The SMILES string of the molecule is N#C/C(=C/Nc1ccc(S(=O)(=O)O)cc1)C(=O)NCCC(=O)O. The molecule has 10 heteroatoms. The summed E-state index contributed by atoms with van der Waals surface area (Å²) in [4.78, 5) is 21.6. The summed E-state index contributed by atoms with van der Waals surface area (Å²) in [5, 5.41) is 22.2. The molecule has 9 nitrogen and oxygen atoms in total. The molecule has 23 heavy (non-hydrogen) atoms. The van der Waals surface area contributed by atoms with Crippen molar-refractivity contribution in [3.63, 3.8) is 0 Å². The van der Waals surface area contributed by atoms with Gasteiger partial charge in [0.2, 0.25) is 0 Å². The molecule has 1 amide bonds. The van der Waals surface area contributed by atoms with Crippen LogP contribution in [-0.4, -0.2) is 36.5 Å². The molecular weight excluding hydrogens is 326 g/mol. The van der Waals surface area contributed by atoms with Crippen LogP contribution in [0.15, 0.2) is 40.9 Å². The third-order valence-corrected chi connectivity index (χ3v) is 3.39. The van der Waals surface area contributed by atoms with Crippen LogP contribution >= 0.6 is 0 Å². The quantitative estimate of drug-likeness (QED) is 0.315. The minimum Gasteiger partial charge on any atom is -0.481 e. The average Bonchev–Trinajstić information content (AvgIpc) is 2.47. The fraction of sp³-hybridized carbons (Fsp3) is 0.154. The second-order valence-electron chi connectivity index (χ2n) is 4.21. The summed E-state index contributed by atoms with van der Waals surface area (Å²) in [6, 6.07) is 6.60. The number of anilines is 1. The van der Waals surface area contributed by atoms with E-state index in [-0.39, 0.29) is 23.4 Å². The lowest BCUT2D eigenvalue weighted by molar-refractivity contribution is -0.136. The molecule has 0 aromatic heterocycles. The average molecular weight is 339 g/mol. The zero-order valence-electron chi connectivity index (χ0n) is 11.7.